The largest absolute Gasteiger partial charge is 0.349 e. The first kappa shape index (κ1) is 20.5. The normalized spacial score (nSPS) is 17.3. The SMILES string of the molecule is CCn1cc(C=Nc2sc3c(c2C(=O)NC2CCCCC2)CCCC3)c2ccccc21. The van der Waals surface area contributed by atoms with E-state index in [1.165, 1.54) is 53.4 Å². The van der Waals surface area contributed by atoms with Crippen molar-refractivity contribution in [1.29, 1.82) is 0 Å². The Hall–Kier alpha value is -2.40. The van der Waals surface area contributed by atoms with Crippen molar-refractivity contribution in [3.63, 3.8) is 0 Å². The summed E-state index contributed by atoms with van der Waals surface area (Å²) in [6.45, 7) is 3.09. The fraction of sp³-hybridized carbons (Fsp3) is 0.462. The molecule has 5 rings (SSSR count). The quantitative estimate of drug-likeness (QED) is 0.464. The fourth-order valence-corrected chi connectivity index (χ4v) is 6.38. The molecule has 0 radical (unpaired) electrons. The van der Waals surface area contributed by atoms with E-state index in [4.69, 9.17) is 4.99 Å². The van der Waals surface area contributed by atoms with Gasteiger partial charge in [0.2, 0.25) is 0 Å². The van der Waals surface area contributed by atoms with Gasteiger partial charge in [0, 0.05) is 46.3 Å². The van der Waals surface area contributed by atoms with E-state index in [2.05, 4.69) is 47.3 Å². The van der Waals surface area contributed by atoms with Gasteiger partial charge in [-0.15, -0.1) is 11.3 Å². The molecule has 1 aromatic carbocycles. The van der Waals surface area contributed by atoms with E-state index in [1.807, 2.05) is 6.21 Å². The van der Waals surface area contributed by atoms with Crippen molar-refractivity contribution in [1.82, 2.24) is 9.88 Å². The van der Waals surface area contributed by atoms with Crippen LogP contribution in [0.3, 0.4) is 0 Å². The Labute approximate surface area is 188 Å². The second kappa shape index (κ2) is 8.99. The summed E-state index contributed by atoms with van der Waals surface area (Å²) >= 11 is 1.72. The zero-order valence-corrected chi connectivity index (χ0v) is 19.1. The van der Waals surface area contributed by atoms with E-state index >= 15 is 0 Å². The molecule has 1 N–H and O–H groups in total. The predicted molar refractivity (Wildman–Crippen MR) is 130 cm³/mol. The first-order valence-corrected chi connectivity index (χ1v) is 12.6. The minimum Gasteiger partial charge on any atom is -0.349 e. The fourth-order valence-electron chi connectivity index (χ4n) is 5.15. The number of para-hydroxylation sites is 1. The van der Waals surface area contributed by atoms with Gasteiger partial charge in [0.1, 0.15) is 5.00 Å². The van der Waals surface area contributed by atoms with Gasteiger partial charge in [-0.05, 0) is 57.1 Å². The Morgan fingerprint density at radius 3 is 2.81 bits per heavy atom. The number of aryl methyl sites for hydroxylation is 2. The van der Waals surface area contributed by atoms with Crippen LogP contribution >= 0.6 is 11.3 Å². The Bertz CT molecular complexity index is 1120. The van der Waals surface area contributed by atoms with Gasteiger partial charge >= 0.3 is 0 Å². The maximum atomic E-state index is 13.4. The topological polar surface area (TPSA) is 46.4 Å². The van der Waals surface area contributed by atoms with Crippen LogP contribution in [-0.4, -0.2) is 22.7 Å². The summed E-state index contributed by atoms with van der Waals surface area (Å²) in [7, 11) is 0. The standard InChI is InChI=1S/C26H31N3OS/c1-2-29-17-18(20-12-6-8-14-22(20)29)16-27-26-24(21-13-7-9-15-23(21)31-26)25(30)28-19-10-4-3-5-11-19/h6,8,12,14,16-17,19H,2-5,7,9-11,13,15H2,1H3,(H,28,30). The summed E-state index contributed by atoms with van der Waals surface area (Å²) in [5.41, 5.74) is 4.45. The molecule has 0 unspecified atom stereocenters. The summed E-state index contributed by atoms with van der Waals surface area (Å²) in [4.78, 5) is 19.6. The zero-order chi connectivity index (χ0) is 21.2. The van der Waals surface area contributed by atoms with E-state index in [0.717, 1.165) is 48.4 Å². The van der Waals surface area contributed by atoms with E-state index in [0.29, 0.717) is 6.04 Å². The van der Waals surface area contributed by atoms with E-state index < -0.39 is 0 Å². The van der Waals surface area contributed by atoms with E-state index in [9.17, 15) is 4.79 Å². The van der Waals surface area contributed by atoms with Crippen molar-refractivity contribution < 1.29 is 4.79 Å². The molecule has 5 heteroatoms. The highest BCUT2D eigenvalue weighted by Gasteiger charge is 2.27. The predicted octanol–water partition coefficient (Wildman–Crippen LogP) is 6.41. The molecule has 1 saturated carbocycles. The first-order valence-electron chi connectivity index (χ1n) is 11.8. The average molecular weight is 434 g/mol. The molecular weight excluding hydrogens is 402 g/mol. The molecule has 2 aromatic heterocycles. The number of thiophene rings is 1. The van der Waals surface area contributed by atoms with Crippen LogP contribution in [0.25, 0.3) is 10.9 Å². The molecule has 162 valence electrons. The molecule has 31 heavy (non-hydrogen) atoms. The number of nitrogens with zero attached hydrogens (tertiary/aromatic N) is 2. The van der Waals surface area contributed by atoms with Crippen LogP contribution in [-0.2, 0) is 19.4 Å². The van der Waals surface area contributed by atoms with Crippen molar-refractivity contribution in [3.8, 4) is 0 Å². The van der Waals surface area contributed by atoms with E-state index in [1.54, 1.807) is 11.3 Å². The van der Waals surface area contributed by atoms with Gasteiger partial charge in [-0.2, -0.15) is 0 Å². The monoisotopic (exact) mass is 433 g/mol. The highest BCUT2D eigenvalue weighted by molar-refractivity contribution is 7.16. The third-order valence-corrected chi connectivity index (χ3v) is 8.00. The van der Waals surface area contributed by atoms with Crippen molar-refractivity contribution in [2.45, 2.75) is 77.3 Å². The maximum absolute atomic E-state index is 13.4. The van der Waals surface area contributed by atoms with Crippen molar-refractivity contribution >= 4 is 39.4 Å². The summed E-state index contributed by atoms with van der Waals surface area (Å²) in [5, 5.41) is 5.44. The Kier molecular flexibility index (Phi) is 5.95. The minimum absolute atomic E-state index is 0.0921. The second-order valence-corrected chi connectivity index (χ2v) is 9.93. The Morgan fingerprint density at radius 1 is 1.16 bits per heavy atom. The van der Waals surface area contributed by atoms with E-state index in [-0.39, 0.29) is 5.91 Å². The number of carbonyl (C=O) groups excluding carboxylic acids is 1. The molecule has 0 bridgehead atoms. The molecule has 3 aromatic rings. The first-order chi connectivity index (χ1) is 15.2. The van der Waals surface area contributed by atoms with Crippen molar-refractivity contribution in [2.24, 2.45) is 4.99 Å². The molecule has 4 nitrogen and oxygen atoms in total. The van der Waals surface area contributed by atoms with Gasteiger partial charge in [0.25, 0.3) is 5.91 Å². The third kappa shape index (κ3) is 4.08. The zero-order valence-electron chi connectivity index (χ0n) is 18.3. The number of hydrogen-bond donors (Lipinski definition) is 1. The van der Waals surface area contributed by atoms with Crippen LogP contribution in [0, 0.1) is 0 Å². The van der Waals surface area contributed by atoms with Crippen LogP contribution in [0.5, 0.6) is 0 Å². The Balaban J connectivity index is 1.49. The Morgan fingerprint density at radius 2 is 1.97 bits per heavy atom. The molecule has 0 saturated heterocycles. The molecule has 2 aliphatic carbocycles. The third-order valence-electron chi connectivity index (χ3n) is 6.80. The van der Waals surface area contributed by atoms with Crippen LogP contribution in [0.4, 0.5) is 5.00 Å². The number of carbonyl (C=O) groups is 1. The smallest absolute Gasteiger partial charge is 0.254 e. The number of benzene rings is 1. The molecule has 2 aliphatic rings. The average Bonchev–Trinajstić information content (AvgIpc) is 3.36. The van der Waals surface area contributed by atoms with Gasteiger partial charge in [-0.25, -0.2) is 4.99 Å². The lowest BCUT2D eigenvalue weighted by Crippen LogP contribution is -2.36. The summed E-state index contributed by atoms with van der Waals surface area (Å²) in [6.07, 6.45) is 14.5. The molecule has 2 heterocycles. The summed E-state index contributed by atoms with van der Waals surface area (Å²) in [6, 6.07) is 8.78. The summed E-state index contributed by atoms with van der Waals surface area (Å²) in [5.74, 6) is 0.0921. The number of fused-ring (bicyclic) bond motifs is 2. The van der Waals surface area contributed by atoms with Gasteiger partial charge in [-0.1, -0.05) is 37.5 Å². The highest BCUT2D eigenvalue weighted by Crippen LogP contribution is 2.40. The number of aromatic nitrogens is 1. The molecule has 0 spiro atoms. The van der Waals surface area contributed by atoms with Crippen molar-refractivity contribution in [3.05, 3.63) is 52.0 Å². The van der Waals surface area contributed by atoms with Crippen LogP contribution in [0.15, 0.2) is 35.5 Å². The van der Waals surface area contributed by atoms with Crippen LogP contribution in [0.1, 0.15) is 78.2 Å². The lowest BCUT2D eigenvalue weighted by atomic mass is 9.93. The van der Waals surface area contributed by atoms with Gasteiger partial charge in [0.15, 0.2) is 0 Å². The van der Waals surface area contributed by atoms with Gasteiger partial charge in [0.05, 0.1) is 5.56 Å². The number of aliphatic imine (C=N–C) groups is 1. The number of nitrogens with one attached hydrogen (secondary N) is 1. The van der Waals surface area contributed by atoms with Crippen LogP contribution in [0.2, 0.25) is 0 Å². The molecule has 1 amide bonds. The number of amides is 1. The summed E-state index contributed by atoms with van der Waals surface area (Å²) < 4.78 is 2.26. The lowest BCUT2D eigenvalue weighted by molar-refractivity contribution is 0.0927. The van der Waals surface area contributed by atoms with Gasteiger partial charge < -0.3 is 9.88 Å². The maximum Gasteiger partial charge on any atom is 0.254 e. The second-order valence-electron chi connectivity index (χ2n) is 8.85. The van der Waals surface area contributed by atoms with Crippen LogP contribution < -0.4 is 5.32 Å². The number of hydrogen-bond acceptors (Lipinski definition) is 3. The lowest BCUT2D eigenvalue weighted by Gasteiger charge is -2.23. The molecule has 0 aliphatic heterocycles. The molecule has 1 fully saturated rings. The van der Waals surface area contributed by atoms with Gasteiger partial charge in [-0.3, -0.25) is 4.79 Å². The number of rotatable bonds is 5. The van der Waals surface area contributed by atoms with Crippen molar-refractivity contribution in [2.75, 3.05) is 0 Å². The molecular formula is C26H31N3OS. The molecule has 0 atom stereocenters. The minimum atomic E-state index is 0.0921. The highest BCUT2D eigenvalue weighted by atomic mass is 32.1.